The number of amides is 1. The summed E-state index contributed by atoms with van der Waals surface area (Å²) in [5, 5.41) is 43.1. The molecular formula is C41H80FNO6. The molecule has 0 saturated carbocycles. The molecule has 1 aliphatic heterocycles. The first kappa shape index (κ1) is 46.2. The number of nitrogens with one attached hydrogen (secondary N) is 1. The van der Waals surface area contributed by atoms with E-state index < -0.39 is 49.3 Å². The number of rotatable bonds is 34. The van der Waals surface area contributed by atoms with Crippen molar-refractivity contribution in [3.05, 3.63) is 0 Å². The fourth-order valence-electron chi connectivity index (χ4n) is 7.24. The van der Waals surface area contributed by atoms with Crippen LogP contribution in [0.2, 0.25) is 0 Å². The topological polar surface area (TPSA) is 119 Å². The minimum Gasteiger partial charge on any atom is -0.394 e. The van der Waals surface area contributed by atoms with E-state index in [-0.39, 0.29) is 12.3 Å². The van der Waals surface area contributed by atoms with Crippen molar-refractivity contribution < 1.29 is 34.3 Å². The van der Waals surface area contributed by atoms with Crippen molar-refractivity contribution in [3.63, 3.8) is 0 Å². The summed E-state index contributed by atoms with van der Waals surface area (Å²) in [4.78, 5) is 12.8. The lowest BCUT2D eigenvalue weighted by molar-refractivity contribution is -0.232. The van der Waals surface area contributed by atoms with E-state index in [0.717, 1.165) is 38.5 Å². The van der Waals surface area contributed by atoms with Gasteiger partial charge >= 0.3 is 0 Å². The molecule has 1 amide bonds. The largest absolute Gasteiger partial charge is 0.394 e. The van der Waals surface area contributed by atoms with Crippen LogP contribution in [0.15, 0.2) is 0 Å². The number of aliphatic hydroxyl groups excluding tert-OH is 4. The molecule has 7 atom stereocenters. The van der Waals surface area contributed by atoms with Crippen molar-refractivity contribution in [1.82, 2.24) is 5.32 Å². The summed E-state index contributed by atoms with van der Waals surface area (Å²) in [6, 6.07) is -0.875. The molecule has 1 fully saturated rings. The summed E-state index contributed by atoms with van der Waals surface area (Å²) < 4.78 is 21.0. The van der Waals surface area contributed by atoms with Crippen LogP contribution in [-0.2, 0) is 9.53 Å². The molecule has 7 nitrogen and oxygen atoms in total. The molecule has 0 aromatic rings. The Morgan fingerprint density at radius 1 is 0.571 bits per heavy atom. The Labute approximate surface area is 300 Å². The average Bonchev–Trinajstić information content (AvgIpc) is 3.10. The molecule has 0 aliphatic carbocycles. The van der Waals surface area contributed by atoms with Crippen LogP contribution in [0.25, 0.3) is 0 Å². The summed E-state index contributed by atoms with van der Waals surface area (Å²) >= 11 is 0. The summed E-state index contributed by atoms with van der Waals surface area (Å²) in [5.74, 6) is -0.214. The van der Waals surface area contributed by atoms with Gasteiger partial charge in [0, 0.05) is 6.42 Å². The lowest BCUT2D eigenvalue weighted by Gasteiger charge is -2.41. The number of ether oxygens (including phenoxy) is 1. The number of hydrogen-bond donors (Lipinski definition) is 5. The molecule has 0 aromatic carbocycles. The third-order valence-electron chi connectivity index (χ3n) is 10.6. The molecule has 1 rings (SSSR count). The van der Waals surface area contributed by atoms with Crippen molar-refractivity contribution in [2.75, 3.05) is 6.61 Å². The van der Waals surface area contributed by atoms with E-state index in [1.807, 2.05) is 0 Å². The van der Waals surface area contributed by atoms with Crippen LogP contribution in [0.1, 0.15) is 206 Å². The number of carbonyl (C=O) groups is 1. The highest BCUT2D eigenvalue weighted by Gasteiger charge is 2.44. The van der Waals surface area contributed by atoms with Gasteiger partial charge in [0.25, 0.3) is 0 Å². The smallest absolute Gasteiger partial charge is 0.220 e. The van der Waals surface area contributed by atoms with E-state index in [1.165, 1.54) is 128 Å². The van der Waals surface area contributed by atoms with Crippen molar-refractivity contribution in [2.45, 2.75) is 249 Å². The summed E-state index contributed by atoms with van der Waals surface area (Å²) in [7, 11) is 0. The zero-order chi connectivity index (χ0) is 36.0. The second-order valence-electron chi connectivity index (χ2n) is 15.2. The van der Waals surface area contributed by atoms with E-state index in [1.54, 1.807) is 0 Å². The van der Waals surface area contributed by atoms with Gasteiger partial charge in [-0.3, -0.25) is 4.79 Å². The molecule has 0 spiro atoms. The minimum atomic E-state index is -1.51. The van der Waals surface area contributed by atoms with Gasteiger partial charge in [-0.2, -0.15) is 0 Å². The van der Waals surface area contributed by atoms with Gasteiger partial charge in [0.2, 0.25) is 5.91 Å². The Kier molecular flexibility index (Phi) is 30.1. The first-order valence-corrected chi connectivity index (χ1v) is 21.1. The van der Waals surface area contributed by atoms with E-state index in [2.05, 4.69) is 19.2 Å². The quantitative estimate of drug-likeness (QED) is 0.0427. The van der Waals surface area contributed by atoms with Crippen molar-refractivity contribution in [2.24, 2.45) is 0 Å². The van der Waals surface area contributed by atoms with Crippen LogP contribution in [-0.4, -0.2) is 75.7 Å². The Morgan fingerprint density at radius 2 is 0.939 bits per heavy atom. The standard InChI is InChI=1S/C41H80FNO6/c1-3-5-7-9-10-11-12-13-14-15-16-17-18-19-20-21-22-23-24-25-26-27-29-31-38(45)43-35(34(42)30-28-8-6-4-2)32-36-39(46)41(48)40(47)37(33-44)49-36/h34-37,39-41,44,46-48H,3-33H2,1-2H3,(H,43,45)/t34-,35-,36?,37-,39+,40+,41-/m1/s1. The number of halogens is 1. The lowest BCUT2D eigenvalue weighted by Crippen LogP contribution is -2.60. The number of aliphatic hydroxyl groups is 4. The predicted octanol–water partition coefficient (Wildman–Crippen LogP) is 9.39. The molecule has 49 heavy (non-hydrogen) atoms. The van der Waals surface area contributed by atoms with Gasteiger partial charge in [0.05, 0.1) is 18.8 Å². The fraction of sp³-hybridized carbons (Fsp3) is 0.976. The number of unbranched alkanes of at least 4 members (excludes halogenated alkanes) is 25. The number of hydrogen-bond acceptors (Lipinski definition) is 6. The van der Waals surface area contributed by atoms with E-state index in [9.17, 15) is 25.2 Å². The van der Waals surface area contributed by atoms with E-state index >= 15 is 4.39 Å². The number of alkyl halides is 1. The summed E-state index contributed by atoms with van der Waals surface area (Å²) in [6.07, 6.45) is 26.8. The van der Waals surface area contributed by atoms with Crippen molar-refractivity contribution in [1.29, 1.82) is 0 Å². The van der Waals surface area contributed by atoms with Gasteiger partial charge < -0.3 is 30.5 Å². The minimum absolute atomic E-state index is 0.0401. The van der Waals surface area contributed by atoms with E-state index in [0.29, 0.717) is 19.3 Å². The molecule has 8 heteroatoms. The molecule has 0 bridgehead atoms. The van der Waals surface area contributed by atoms with Crippen LogP contribution in [0.4, 0.5) is 4.39 Å². The molecule has 1 aliphatic rings. The highest BCUT2D eigenvalue weighted by molar-refractivity contribution is 5.76. The summed E-state index contributed by atoms with van der Waals surface area (Å²) in [6.45, 7) is 3.84. The van der Waals surface area contributed by atoms with Gasteiger partial charge in [-0.15, -0.1) is 0 Å². The Bertz CT molecular complexity index is 743. The Hall–Kier alpha value is -0.800. The molecule has 1 unspecified atom stereocenters. The maximum absolute atomic E-state index is 15.4. The number of carbonyl (C=O) groups excluding carboxylic acids is 1. The highest BCUT2D eigenvalue weighted by atomic mass is 19.1. The van der Waals surface area contributed by atoms with Crippen LogP contribution < -0.4 is 5.32 Å². The van der Waals surface area contributed by atoms with Gasteiger partial charge in [0.1, 0.15) is 30.6 Å². The van der Waals surface area contributed by atoms with Crippen molar-refractivity contribution >= 4 is 5.91 Å². The summed E-state index contributed by atoms with van der Waals surface area (Å²) in [5.41, 5.74) is 0. The van der Waals surface area contributed by atoms with Crippen LogP contribution in [0, 0.1) is 0 Å². The SMILES string of the molecule is CCCCCCCCCCCCCCCCCCCCCCCCCC(=O)N[C@H](CC1O[C@H](CO)[C@H](O)[C@H](O)[C@H]1O)[C@H](F)CCCCCC. The molecule has 292 valence electrons. The first-order chi connectivity index (χ1) is 23.8. The van der Waals surface area contributed by atoms with Crippen LogP contribution in [0.3, 0.4) is 0 Å². The first-order valence-electron chi connectivity index (χ1n) is 21.1. The fourth-order valence-corrected chi connectivity index (χ4v) is 7.24. The van der Waals surface area contributed by atoms with Crippen molar-refractivity contribution in [3.8, 4) is 0 Å². The molecule has 5 N–H and O–H groups in total. The maximum atomic E-state index is 15.4. The lowest BCUT2D eigenvalue weighted by atomic mass is 9.89. The third-order valence-corrected chi connectivity index (χ3v) is 10.6. The third kappa shape index (κ3) is 23.4. The maximum Gasteiger partial charge on any atom is 0.220 e. The van der Waals surface area contributed by atoms with E-state index in [4.69, 9.17) is 4.74 Å². The normalized spacial score (nSPS) is 22.3. The molecular weight excluding hydrogens is 621 g/mol. The Morgan fingerprint density at radius 3 is 1.35 bits per heavy atom. The predicted molar refractivity (Wildman–Crippen MR) is 200 cm³/mol. The van der Waals surface area contributed by atoms with Gasteiger partial charge in [-0.05, 0) is 19.3 Å². The average molecular weight is 702 g/mol. The molecule has 1 saturated heterocycles. The van der Waals surface area contributed by atoms with Crippen LogP contribution in [0.5, 0.6) is 0 Å². The van der Waals surface area contributed by atoms with Gasteiger partial charge in [-0.1, -0.05) is 181 Å². The van der Waals surface area contributed by atoms with Gasteiger partial charge in [-0.25, -0.2) is 4.39 Å². The molecule has 1 heterocycles. The highest BCUT2D eigenvalue weighted by Crippen LogP contribution is 2.26. The second kappa shape index (κ2) is 31.9. The molecule has 0 aromatic heterocycles. The Balaban J connectivity index is 2.11. The zero-order valence-corrected chi connectivity index (χ0v) is 31.9. The van der Waals surface area contributed by atoms with Gasteiger partial charge in [0.15, 0.2) is 0 Å². The monoisotopic (exact) mass is 702 g/mol. The van der Waals surface area contributed by atoms with Crippen LogP contribution >= 0.6 is 0 Å². The zero-order valence-electron chi connectivity index (χ0n) is 31.9. The second-order valence-corrected chi connectivity index (χ2v) is 15.2. The molecule has 0 radical (unpaired) electrons.